The molecular weight excluding hydrogens is 453 g/mol. The summed E-state index contributed by atoms with van der Waals surface area (Å²) in [6.07, 6.45) is -7.87. The number of carboxylic acids is 1. The monoisotopic (exact) mass is 479 g/mol. The van der Waals surface area contributed by atoms with Crippen molar-refractivity contribution in [3.05, 3.63) is 0 Å². The minimum atomic E-state index is -3.44. The van der Waals surface area contributed by atoms with Gasteiger partial charge in [0.2, 0.25) is 5.91 Å². The van der Waals surface area contributed by atoms with E-state index in [0.29, 0.717) is 0 Å². The van der Waals surface area contributed by atoms with Gasteiger partial charge in [0.25, 0.3) is 0 Å². The number of nitrogens with one attached hydrogen (secondary N) is 1. The summed E-state index contributed by atoms with van der Waals surface area (Å²) in [6, 6.07) is -1.45. The molecule has 1 saturated heterocycles. The van der Waals surface area contributed by atoms with Gasteiger partial charge in [-0.2, -0.15) is 4.39 Å². The Balaban J connectivity index is 3.60. The fourth-order valence-electron chi connectivity index (χ4n) is 3.24. The van der Waals surface area contributed by atoms with Crippen LogP contribution in [0, 0.1) is 0 Å². The summed E-state index contributed by atoms with van der Waals surface area (Å²) in [5, 5.41) is 11.7. The van der Waals surface area contributed by atoms with Crippen LogP contribution in [0.4, 0.5) is 4.39 Å². The minimum Gasteiger partial charge on any atom is -0.477 e. The molecule has 1 heterocycles. The van der Waals surface area contributed by atoms with Gasteiger partial charge in [-0.3, -0.25) is 24.0 Å². The quantitative estimate of drug-likeness (QED) is 0.317. The highest BCUT2D eigenvalue weighted by Crippen LogP contribution is 2.36. The molecule has 1 aliphatic heterocycles. The van der Waals surface area contributed by atoms with E-state index in [1.807, 2.05) is 0 Å². The molecule has 2 N–H and O–H groups in total. The molecule has 1 rings (SSSR count). The predicted octanol–water partition coefficient (Wildman–Crippen LogP) is -0.611. The number of carbonyl (C=O) groups excluding carboxylic acids is 5. The second-order valence-electron chi connectivity index (χ2n) is 7.22. The number of hydrogen-bond donors (Lipinski definition) is 2. The zero-order valence-corrected chi connectivity index (χ0v) is 18.6. The third kappa shape index (κ3) is 8.29. The van der Waals surface area contributed by atoms with Gasteiger partial charge in [0.15, 0.2) is 12.2 Å². The second kappa shape index (κ2) is 11.5. The van der Waals surface area contributed by atoms with E-state index in [9.17, 15) is 33.9 Å². The second-order valence-corrected chi connectivity index (χ2v) is 7.22. The van der Waals surface area contributed by atoms with Gasteiger partial charge in [0.1, 0.15) is 18.8 Å². The molecule has 14 heteroatoms. The van der Waals surface area contributed by atoms with E-state index >= 15 is 4.39 Å². The van der Waals surface area contributed by atoms with E-state index in [2.05, 4.69) is 5.32 Å². The smallest absolute Gasteiger partial charge is 0.369 e. The fourth-order valence-corrected chi connectivity index (χ4v) is 3.24. The average Bonchev–Trinajstić information content (AvgIpc) is 2.64. The van der Waals surface area contributed by atoms with Crippen molar-refractivity contribution in [3.63, 3.8) is 0 Å². The van der Waals surface area contributed by atoms with E-state index in [1.165, 1.54) is 0 Å². The first-order chi connectivity index (χ1) is 15.2. The normalized spacial score (nSPS) is 26.2. The molecule has 1 aliphatic rings. The van der Waals surface area contributed by atoms with Crippen LogP contribution < -0.4 is 5.32 Å². The van der Waals surface area contributed by atoms with Crippen LogP contribution in [0.3, 0.4) is 0 Å². The summed E-state index contributed by atoms with van der Waals surface area (Å²) in [4.78, 5) is 69.7. The van der Waals surface area contributed by atoms with E-state index in [-0.39, 0.29) is 0 Å². The van der Waals surface area contributed by atoms with Crippen LogP contribution >= 0.6 is 0 Å². The fraction of sp³-hybridized carbons (Fsp3) is 0.684. The van der Waals surface area contributed by atoms with E-state index < -0.39 is 85.1 Å². The summed E-state index contributed by atoms with van der Waals surface area (Å²) in [5.74, 6) is -9.88. The van der Waals surface area contributed by atoms with E-state index in [4.69, 9.17) is 23.7 Å². The Morgan fingerprint density at radius 1 is 1.00 bits per heavy atom. The molecule has 13 nitrogen and oxygen atoms in total. The molecule has 0 unspecified atom stereocenters. The molecule has 0 spiro atoms. The van der Waals surface area contributed by atoms with Gasteiger partial charge in [0.05, 0.1) is 12.5 Å². The Bertz CT molecular complexity index is 802. The zero-order valence-electron chi connectivity index (χ0n) is 18.6. The van der Waals surface area contributed by atoms with Crippen LogP contribution in [0.25, 0.3) is 0 Å². The molecule has 1 fully saturated rings. The van der Waals surface area contributed by atoms with E-state index in [1.54, 1.807) is 0 Å². The highest BCUT2D eigenvalue weighted by molar-refractivity contribution is 5.77. The maximum atomic E-state index is 15.2. The Hall–Kier alpha value is -3.29. The molecule has 0 saturated carbocycles. The number of ether oxygens (including phenoxy) is 5. The highest BCUT2D eigenvalue weighted by Gasteiger charge is 2.58. The molecule has 0 aromatic heterocycles. The third-order valence-corrected chi connectivity index (χ3v) is 4.31. The Morgan fingerprint density at radius 2 is 1.58 bits per heavy atom. The predicted molar refractivity (Wildman–Crippen MR) is 102 cm³/mol. The maximum Gasteiger partial charge on any atom is 0.369 e. The highest BCUT2D eigenvalue weighted by atomic mass is 19.2. The number of amides is 1. The lowest BCUT2D eigenvalue weighted by Gasteiger charge is -2.45. The van der Waals surface area contributed by atoms with Crippen LogP contribution in [0.15, 0.2) is 0 Å². The van der Waals surface area contributed by atoms with Crippen molar-refractivity contribution in [1.82, 2.24) is 5.32 Å². The molecule has 6 atom stereocenters. The van der Waals surface area contributed by atoms with Crippen molar-refractivity contribution < 1.29 is 61.9 Å². The number of esters is 4. The molecule has 0 radical (unpaired) electrons. The largest absolute Gasteiger partial charge is 0.477 e. The van der Waals surface area contributed by atoms with Gasteiger partial charge in [-0.25, -0.2) is 4.79 Å². The first kappa shape index (κ1) is 27.7. The number of halogens is 1. The van der Waals surface area contributed by atoms with Gasteiger partial charge >= 0.3 is 35.7 Å². The molecule has 33 heavy (non-hydrogen) atoms. The number of rotatable bonds is 9. The SMILES string of the molecule is CC(=O)N[C@H]1[C@H]([C@H](OC(C)=O)[C@@H](COC(C)=O)OC(C)=O)O[C@](F)(C(=O)O)C[C@@H]1OC(C)=O. The molecule has 0 aliphatic carbocycles. The number of carbonyl (C=O) groups is 6. The van der Waals surface area contributed by atoms with Crippen LogP contribution in [-0.4, -0.2) is 83.8 Å². The number of carboxylic acid groups (broad SMARTS) is 1. The van der Waals surface area contributed by atoms with Crippen molar-refractivity contribution in [2.45, 2.75) is 77.4 Å². The van der Waals surface area contributed by atoms with Gasteiger partial charge in [-0.15, -0.1) is 0 Å². The lowest BCUT2D eigenvalue weighted by atomic mass is 9.88. The van der Waals surface area contributed by atoms with Gasteiger partial charge in [0, 0.05) is 34.6 Å². The Labute approximate surface area is 187 Å². The van der Waals surface area contributed by atoms with Crippen molar-refractivity contribution in [2.24, 2.45) is 0 Å². The summed E-state index contributed by atoms with van der Waals surface area (Å²) in [6.45, 7) is 4.32. The number of alkyl halides is 1. The van der Waals surface area contributed by atoms with Crippen LogP contribution in [0.1, 0.15) is 41.0 Å². The molecule has 0 bridgehead atoms. The van der Waals surface area contributed by atoms with Crippen molar-refractivity contribution >= 4 is 35.8 Å². The lowest BCUT2D eigenvalue weighted by Crippen LogP contribution is -2.67. The maximum absolute atomic E-state index is 15.2. The van der Waals surface area contributed by atoms with Crippen LogP contribution in [0.2, 0.25) is 0 Å². The summed E-state index contributed by atoms with van der Waals surface area (Å²) in [7, 11) is 0. The van der Waals surface area contributed by atoms with Crippen molar-refractivity contribution in [2.75, 3.05) is 6.61 Å². The van der Waals surface area contributed by atoms with Crippen molar-refractivity contribution in [3.8, 4) is 0 Å². The average molecular weight is 479 g/mol. The number of hydrogen-bond acceptors (Lipinski definition) is 11. The summed E-state index contributed by atoms with van der Waals surface area (Å²) in [5.41, 5.74) is 0. The topological polar surface area (TPSA) is 181 Å². The van der Waals surface area contributed by atoms with Crippen LogP contribution in [0.5, 0.6) is 0 Å². The Kier molecular flexibility index (Phi) is 9.70. The first-order valence-electron chi connectivity index (χ1n) is 9.68. The molecule has 1 amide bonds. The minimum absolute atomic E-state index is 0.690. The summed E-state index contributed by atoms with van der Waals surface area (Å²) < 4.78 is 40.4. The molecular formula is C19H26FNO12. The van der Waals surface area contributed by atoms with Crippen molar-refractivity contribution in [1.29, 1.82) is 0 Å². The zero-order chi connectivity index (χ0) is 25.5. The standard InChI is InChI=1S/C19H26FNO12/c1-8(22)21-15-13(30-10(3)24)6-19(20,18(27)28)33-17(15)16(32-12(5)26)14(31-11(4)25)7-29-9(2)23/h13-17H,6-7H2,1-5H3,(H,21,22)(H,27,28)/t13-,14+,15+,16+,17+,19-/m0/s1. The van der Waals surface area contributed by atoms with Gasteiger partial charge in [-0.05, 0) is 0 Å². The van der Waals surface area contributed by atoms with Gasteiger partial charge < -0.3 is 34.1 Å². The third-order valence-electron chi connectivity index (χ3n) is 4.31. The number of aliphatic carboxylic acids is 1. The first-order valence-corrected chi connectivity index (χ1v) is 9.68. The van der Waals surface area contributed by atoms with Gasteiger partial charge in [-0.1, -0.05) is 0 Å². The molecule has 186 valence electrons. The lowest BCUT2D eigenvalue weighted by molar-refractivity contribution is -0.273. The summed E-state index contributed by atoms with van der Waals surface area (Å²) >= 11 is 0. The molecule has 0 aromatic carbocycles. The Morgan fingerprint density at radius 3 is 2.00 bits per heavy atom. The van der Waals surface area contributed by atoms with E-state index in [0.717, 1.165) is 34.6 Å². The van der Waals surface area contributed by atoms with Crippen LogP contribution in [-0.2, 0) is 52.5 Å². The molecule has 0 aromatic rings.